The molecular weight excluding hydrogens is 1250 g/mol. The SMILES string of the molecule is CC[C@H](C)[C@H](CC(=O)C(C)(C)N(C)C)C(=O)N(C)[C@H](C[C@@H](OC(C)=O)c1nc(C(=O)N[C@@H](Cc2ccc3c(c2)NC(=O)CCC(=O)C(C)NC(=O)CCOCCOCCNC(=O)C2SCSC2C(=O)NCCOCCOCCC(=O)O3)CC(C)C(=O)O)cs1)C(C)C. The number of aliphatic carboxylic acids is 1. The molecule has 1 aromatic heterocycles. The van der Waals surface area contributed by atoms with Crippen molar-refractivity contribution in [2.45, 2.75) is 160 Å². The Morgan fingerprint density at radius 3 is 1.97 bits per heavy atom. The minimum atomic E-state index is -1.13. The van der Waals surface area contributed by atoms with Crippen LogP contribution in [0.3, 0.4) is 0 Å². The number of rotatable bonds is 20. The monoisotopic (exact) mass is 1350 g/mol. The normalized spacial score (nSPS) is 21.0. The van der Waals surface area contributed by atoms with Gasteiger partial charge in [-0.15, -0.1) is 34.9 Å². The predicted octanol–water partition coefficient (Wildman–Crippen LogP) is 5.00. The van der Waals surface area contributed by atoms with Crippen LogP contribution in [0.1, 0.15) is 141 Å². The first-order valence-corrected chi connectivity index (χ1v) is 34.2. The zero-order chi connectivity index (χ0) is 68.2. The van der Waals surface area contributed by atoms with E-state index < -0.39 is 93.5 Å². The van der Waals surface area contributed by atoms with E-state index >= 15 is 0 Å². The van der Waals surface area contributed by atoms with Gasteiger partial charge in [0.05, 0.1) is 82.5 Å². The summed E-state index contributed by atoms with van der Waals surface area (Å²) in [5, 5.41) is 25.1. The Balaban J connectivity index is 1.53. The molecule has 2 aliphatic rings. The fraction of sp³-hybridized carbons (Fsp3) is 0.683. The Morgan fingerprint density at radius 2 is 1.40 bits per heavy atom. The van der Waals surface area contributed by atoms with Gasteiger partial charge in [-0.1, -0.05) is 47.1 Å². The average Bonchev–Trinajstić information content (AvgIpc) is 1.23. The molecule has 2 aromatic rings. The fourth-order valence-corrected chi connectivity index (χ4v) is 13.7. The summed E-state index contributed by atoms with van der Waals surface area (Å²) in [6.07, 6.45) is -1.16. The van der Waals surface area contributed by atoms with Crippen LogP contribution in [0.2, 0.25) is 0 Å². The zero-order valence-corrected chi connectivity index (χ0v) is 57.6. The van der Waals surface area contributed by atoms with Crippen LogP contribution < -0.4 is 31.3 Å². The average molecular weight is 1350 g/mol. The van der Waals surface area contributed by atoms with Crippen molar-refractivity contribution in [3.05, 3.63) is 39.8 Å². The van der Waals surface area contributed by atoms with Crippen molar-refractivity contribution in [1.29, 1.82) is 0 Å². The molecule has 1 saturated heterocycles. The lowest BCUT2D eigenvalue weighted by Crippen LogP contribution is -2.50. The van der Waals surface area contributed by atoms with Crippen LogP contribution >= 0.6 is 34.9 Å². The topological polar surface area (TPSA) is 343 Å². The maximum Gasteiger partial charge on any atom is 0.313 e. The molecule has 6 amide bonds. The van der Waals surface area contributed by atoms with E-state index in [0.717, 1.165) is 11.3 Å². The van der Waals surface area contributed by atoms with Gasteiger partial charge in [0, 0.05) is 87.6 Å². The highest BCUT2D eigenvalue weighted by Gasteiger charge is 2.41. The van der Waals surface area contributed by atoms with Crippen molar-refractivity contribution in [3.8, 4) is 5.75 Å². The Kier molecular flexibility index (Phi) is 33.7. The molecule has 2 aliphatic heterocycles. The number of ketones is 2. The van der Waals surface area contributed by atoms with Gasteiger partial charge in [-0.2, -0.15) is 0 Å². The van der Waals surface area contributed by atoms with E-state index in [2.05, 4.69) is 31.6 Å². The second kappa shape index (κ2) is 39.6. The van der Waals surface area contributed by atoms with E-state index in [1.165, 1.54) is 61.8 Å². The highest BCUT2D eigenvalue weighted by atomic mass is 32.2. The summed E-state index contributed by atoms with van der Waals surface area (Å²) in [6.45, 7) is 17.0. The standard InChI is InChI=1S/C63H96N8O18S3/c1-13-38(4)44(33-51(74)63(8,9)70(10)11)61(81)71(12)47(37(2)3)34-50(88-41(7)72)60-69-46(35-90-60)57(78)67-43(30-39(5)62(82)83)31-42-14-16-49-45(32-42)68-52(75)17-15-48(73)40(6)66-53(76)18-22-84-26-28-86-24-20-64-58(79)55-56(92-36-91-55)59(80)65-21-25-87-29-27-85-23-19-54(77)89-49/h14,16,32,35,37-40,43-44,47,50,55-56H,13,15,17-31,33-34,36H2,1-12H3,(H,64,79)(H,65,80)(H,66,76)(H,67,78)(H,68,75)(H,82,83)/t38-,39?,40?,43+,44-,47+,50+,55?,56?/m0/s1. The van der Waals surface area contributed by atoms with Crippen LogP contribution in [-0.2, 0) is 78.1 Å². The fourth-order valence-electron chi connectivity index (χ4n) is 9.81. The van der Waals surface area contributed by atoms with Crippen molar-refractivity contribution in [2.24, 2.45) is 23.7 Å². The number of hydrogen-bond acceptors (Lipinski definition) is 22. The number of thioether (sulfide) groups is 2. The van der Waals surface area contributed by atoms with Gasteiger partial charge < -0.3 is 65.0 Å². The molecule has 29 heteroatoms. The minimum Gasteiger partial charge on any atom is -0.481 e. The number of esters is 2. The molecule has 4 rings (SSSR count). The van der Waals surface area contributed by atoms with Gasteiger partial charge in [0.1, 0.15) is 21.2 Å². The van der Waals surface area contributed by atoms with Crippen LogP contribution in [-0.4, -0.2) is 211 Å². The van der Waals surface area contributed by atoms with Crippen molar-refractivity contribution < 1.29 is 86.3 Å². The molecule has 1 aromatic carbocycles. The molecular formula is C63H96N8O18S3. The van der Waals surface area contributed by atoms with Crippen molar-refractivity contribution in [2.75, 3.05) is 97.5 Å². The predicted molar refractivity (Wildman–Crippen MR) is 348 cm³/mol. The number of carboxylic acid groups (broad SMARTS) is 1. The highest BCUT2D eigenvalue weighted by Crippen LogP contribution is 2.37. The maximum absolute atomic E-state index is 14.5. The first-order chi connectivity index (χ1) is 43.5. The lowest BCUT2D eigenvalue weighted by atomic mass is 9.81. The van der Waals surface area contributed by atoms with E-state index in [4.69, 9.17) is 28.4 Å². The van der Waals surface area contributed by atoms with E-state index in [1.807, 2.05) is 60.5 Å². The molecule has 0 radical (unpaired) electrons. The van der Waals surface area contributed by atoms with E-state index in [9.17, 15) is 57.8 Å². The van der Waals surface area contributed by atoms with Gasteiger partial charge in [-0.3, -0.25) is 57.6 Å². The third-order valence-corrected chi connectivity index (χ3v) is 20.1. The lowest BCUT2D eigenvalue weighted by Gasteiger charge is -2.38. The summed E-state index contributed by atoms with van der Waals surface area (Å²) in [7, 11) is 5.32. The molecule has 92 heavy (non-hydrogen) atoms. The molecule has 0 aliphatic carbocycles. The van der Waals surface area contributed by atoms with Crippen LogP contribution in [0.4, 0.5) is 5.69 Å². The van der Waals surface area contributed by atoms with E-state index in [1.54, 1.807) is 18.0 Å². The summed E-state index contributed by atoms with van der Waals surface area (Å²) in [5.41, 5.74) is -0.384. The van der Waals surface area contributed by atoms with Crippen molar-refractivity contribution in [3.63, 3.8) is 0 Å². The maximum atomic E-state index is 14.5. The number of benzene rings is 1. The van der Waals surface area contributed by atoms with Crippen LogP contribution in [0.5, 0.6) is 5.75 Å². The Labute approximate surface area is 552 Å². The molecule has 0 saturated carbocycles. The number of thiazole rings is 1. The van der Waals surface area contributed by atoms with Gasteiger partial charge in [0.2, 0.25) is 29.5 Å². The second-order valence-corrected chi connectivity index (χ2v) is 27.5. The van der Waals surface area contributed by atoms with Crippen LogP contribution in [0.15, 0.2) is 23.6 Å². The van der Waals surface area contributed by atoms with Crippen LogP contribution in [0, 0.1) is 23.7 Å². The summed E-state index contributed by atoms with van der Waals surface area (Å²) >= 11 is 3.82. The quantitative estimate of drug-likeness (QED) is 0.0750. The third-order valence-electron chi connectivity index (χ3n) is 16.2. The Bertz CT molecular complexity index is 2820. The van der Waals surface area contributed by atoms with Crippen molar-refractivity contribution in [1.82, 2.24) is 36.1 Å². The number of anilines is 1. The van der Waals surface area contributed by atoms with Crippen LogP contribution in [0.25, 0.3) is 0 Å². The van der Waals surface area contributed by atoms with Gasteiger partial charge in [0.25, 0.3) is 5.91 Å². The number of Topliss-reactive ketones (excluding diaryl/α,β-unsaturated/α-hetero) is 2. The van der Waals surface area contributed by atoms with E-state index in [-0.39, 0.29) is 175 Å². The molecule has 0 spiro atoms. The Morgan fingerprint density at radius 1 is 0.804 bits per heavy atom. The minimum absolute atomic E-state index is 0.00539. The summed E-state index contributed by atoms with van der Waals surface area (Å²) < 4.78 is 33.8. The number of hydrogen-bond donors (Lipinski definition) is 6. The number of carbonyl (C=O) groups is 11. The molecule has 6 N–H and O–H groups in total. The first kappa shape index (κ1) is 78.4. The number of nitrogens with zero attached hydrogens (tertiary/aromatic N) is 3. The number of fused-ring (bicyclic) bond motifs is 2. The van der Waals surface area contributed by atoms with E-state index in [0.29, 0.717) is 17.1 Å². The van der Waals surface area contributed by atoms with Gasteiger partial charge in [-0.05, 0) is 77.2 Å². The number of carboxylic acids is 1. The summed E-state index contributed by atoms with van der Waals surface area (Å²) in [4.78, 5) is 154. The molecule has 9 atom stereocenters. The number of likely N-dealkylation sites (N-methyl/N-ethyl adjacent to an activating group) is 1. The number of amides is 6. The number of nitrogens with one attached hydrogen (secondary N) is 5. The lowest BCUT2D eigenvalue weighted by molar-refractivity contribution is -0.150. The molecule has 1 fully saturated rings. The molecule has 4 unspecified atom stereocenters. The Hall–Kier alpha value is -6.08. The molecule has 3 heterocycles. The molecule has 514 valence electrons. The first-order valence-electron chi connectivity index (χ1n) is 31.2. The smallest absolute Gasteiger partial charge is 0.313 e. The van der Waals surface area contributed by atoms with Gasteiger partial charge in [0.15, 0.2) is 23.4 Å². The summed E-state index contributed by atoms with van der Waals surface area (Å²) in [5.74, 6) is -7.50. The highest BCUT2D eigenvalue weighted by molar-refractivity contribution is 8.20. The summed E-state index contributed by atoms with van der Waals surface area (Å²) in [6, 6.07) is 2.18. The van der Waals surface area contributed by atoms with Crippen molar-refractivity contribution >= 4 is 105 Å². The largest absolute Gasteiger partial charge is 0.481 e. The second-order valence-electron chi connectivity index (χ2n) is 24.0. The van der Waals surface area contributed by atoms with Gasteiger partial charge >= 0.3 is 17.9 Å². The number of carbonyl (C=O) groups excluding carboxylic acids is 10. The zero-order valence-electron chi connectivity index (χ0n) is 55.2. The third kappa shape index (κ3) is 26.0. The molecule has 0 bridgehead atoms. The number of aromatic nitrogens is 1. The van der Waals surface area contributed by atoms with Gasteiger partial charge in [-0.25, -0.2) is 4.98 Å². The number of ether oxygens (including phenoxy) is 6. The molecule has 26 nitrogen and oxygen atoms in total.